The number of hydrazone groups is 1. The van der Waals surface area contributed by atoms with Crippen molar-refractivity contribution in [3.8, 4) is 5.75 Å². The van der Waals surface area contributed by atoms with Gasteiger partial charge in [0.2, 0.25) is 0 Å². The van der Waals surface area contributed by atoms with Gasteiger partial charge in [-0.1, -0.05) is 42.0 Å². The van der Waals surface area contributed by atoms with Gasteiger partial charge in [0, 0.05) is 0 Å². The third kappa shape index (κ3) is 3.34. The number of amides is 2. The molecular weight excluding hydrogens is 376 g/mol. The second-order valence-corrected chi connectivity index (χ2v) is 8.42. The van der Waals surface area contributed by atoms with Crippen molar-refractivity contribution in [3.63, 3.8) is 0 Å². The number of imide groups is 1. The number of hydrogen-bond acceptors (Lipinski definition) is 4. The number of aryl methyl sites for hydroxylation is 1. The summed E-state index contributed by atoms with van der Waals surface area (Å²) in [5.41, 5.74) is 3.15. The zero-order chi connectivity index (χ0) is 20.7. The number of benzene rings is 2. The molecule has 2 bridgehead atoms. The van der Waals surface area contributed by atoms with Crippen molar-refractivity contribution in [1.82, 2.24) is 5.01 Å². The maximum Gasteiger partial charge on any atom is 0.254 e. The highest BCUT2D eigenvalue weighted by Crippen LogP contribution is 2.49. The van der Waals surface area contributed by atoms with Crippen molar-refractivity contribution in [3.05, 3.63) is 77.4 Å². The molecule has 30 heavy (non-hydrogen) atoms. The number of fused-ring (bicyclic) bond motifs is 1. The van der Waals surface area contributed by atoms with E-state index in [-0.39, 0.29) is 35.5 Å². The molecule has 1 saturated heterocycles. The van der Waals surface area contributed by atoms with Crippen LogP contribution in [0.15, 0.2) is 65.8 Å². The molecule has 4 atom stereocenters. The summed E-state index contributed by atoms with van der Waals surface area (Å²) in [5, 5.41) is 5.34. The zero-order valence-corrected chi connectivity index (χ0v) is 16.9. The van der Waals surface area contributed by atoms with Gasteiger partial charge >= 0.3 is 0 Å². The van der Waals surface area contributed by atoms with Crippen molar-refractivity contribution in [2.45, 2.75) is 26.4 Å². The van der Waals surface area contributed by atoms with E-state index in [4.69, 9.17) is 4.74 Å². The Balaban J connectivity index is 1.23. The summed E-state index contributed by atoms with van der Waals surface area (Å²) in [4.78, 5) is 25.6. The highest BCUT2D eigenvalue weighted by Gasteiger charge is 2.56. The van der Waals surface area contributed by atoms with E-state index in [9.17, 15) is 9.59 Å². The lowest BCUT2D eigenvalue weighted by molar-refractivity contribution is -0.140. The highest BCUT2D eigenvalue weighted by atomic mass is 16.5. The van der Waals surface area contributed by atoms with Crippen LogP contribution in [0.25, 0.3) is 0 Å². The molecule has 2 aromatic carbocycles. The summed E-state index contributed by atoms with van der Waals surface area (Å²) in [6.45, 7) is 2.56. The summed E-state index contributed by atoms with van der Waals surface area (Å²) in [7, 11) is 0. The van der Waals surface area contributed by atoms with Crippen LogP contribution in [0.3, 0.4) is 0 Å². The topological polar surface area (TPSA) is 59.0 Å². The van der Waals surface area contributed by atoms with Gasteiger partial charge in [-0.05, 0) is 67.0 Å². The summed E-state index contributed by atoms with van der Waals surface area (Å²) < 4.78 is 5.82. The summed E-state index contributed by atoms with van der Waals surface area (Å²) in [6, 6.07) is 15.7. The number of ether oxygens (including phenoxy) is 1. The number of rotatable bonds is 5. The van der Waals surface area contributed by atoms with Crippen LogP contribution in [0, 0.1) is 30.6 Å². The Bertz CT molecular complexity index is 991. The van der Waals surface area contributed by atoms with Gasteiger partial charge in [-0.25, -0.2) is 0 Å². The van der Waals surface area contributed by atoms with Gasteiger partial charge in [-0.2, -0.15) is 10.1 Å². The van der Waals surface area contributed by atoms with Gasteiger partial charge in [0.15, 0.2) is 0 Å². The third-order valence-corrected chi connectivity index (χ3v) is 6.46. The average molecular weight is 400 g/mol. The number of allylic oxidation sites excluding steroid dienone is 2. The zero-order valence-electron chi connectivity index (χ0n) is 16.9. The number of hydrogen-bond donors (Lipinski definition) is 0. The minimum atomic E-state index is -0.226. The lowest BCUT2D eigenvalue weighted by atomic mass is 9.63. The molecular formula is C25H24N2O3. The first-order valence-electron chi connectivity index (χ1n) is 10.5. The Morgan fingerprint density at radius 3 is 2.10 bits per heavy atom. The average Bonchev–Trinajstić information content (AvgIpc) is 3.05. The minimum absolute atomic E-state index is 0.154. The van der Waals surface area contributed by atoms with Gasteiger partial charge in [0.1, 0.15) is 12.4 Å². The summed E-state index contributed by atoms with van der Waals surface area (Å²) >= 11 is 0. The van der Waals surface area contributed by atoms with Crippen molar-refractivity contribution >= 4 is 18.0 Å². The summed E-state index contributed by atoms with van der Waals surface area (Å²) in [5.74, 6) is 0.363. The molecule has 2 amide bonds. The predicted octanol–water partition coefficient (Wildman–Crippen LogP) is 4.11. The lowest BCUT2D eigenvalue weighted by Gasteiger charge is -2.37. The fraction of sp³-hybridized carbons (Fsp3) is 0.320. The van der Waals surface area contributed by atoms with E-state index in [1.54, 1.807) is 6.21 Å². The van der Waals surface area contributed by atoms with E-state index in [1.165, 1.54) is 5.56 Å². The van der Waals surface area contributed by atoms with Crippen molar-refractivity contribution in [2.24, 2.45) is 28.8 Å². The van der Waals surface area contributed by atoms with Crippen molar-refractivity contribution < 1.29 is 14.3 Å². The SMILES string of the molecule is Cc1ccc(COc2ccc(/C=N\N3C(=O)[C@@H]4[C@H](C3=O)[C@H]3C=C[C@H]4CC3)cc2)cc1. The number of carbonyl (C=O) groups is 2. The quantitative estimate of drug-likeness (QED) is 0.431. The standard InChI is InChI=1S/C25H24N2O3/c1-16-2-4-18(5-3-16)15-30-21-12-6-17(7-13-21)14-26-27-24(28)22-19-8-9-20(11-10-19)23(22)25(27)29/h2-9,12-14,19-20,22-23H,10-11,15H2,1H3/b26-14-/t19-,20-,22-,23+/m0/s1. The van der Waals surface area contributed by atoms with Gasteiger partial charge < -0.3 is 4.74 Å². The largest absolute Gasteiger partial charge is 0.489 e. The molecule has 2 aromatic rings. The maximum atomic E-state index is 12.8. The fourth-order valence-electron chi connectivity index (χ4n) is 4.80. The third-order valence-electron chi connectivity index (χ3n) is 6.46. The van der Waals surface area contributed by atoms with Crippen LogP contribution in [0.5, 0.6) is 5.75 Å². The van der Waals surface area contributed by atoms with Gasteiger partial charge in [-0.15, -0.1) is 0 Å². The molecule has 0 unspecified atom stereocenters. The Labute approximate surface area is 176 Å². The van der Waals surface area contributed by atoms with Crippen molar-refractivity contribution in [2.75, 3.05) is 0 Å². The first-order chi connectivity index (χ1) is 14.6. The summed E-state index contributed by atoms with van der Waals surface area (Å²) in [6.07, 6.45) is 7.78. The van der Waals surface area contributed by atoms with Crippen LogP contribution in [0.4, 0.5) is 0 Å². The monoisotopic (exact) mass is 400 g/mol. The van der Waals surface area contributed by atoms with Crippen LogP contribution in [0.1, 0.15) is 29.5 Å². The molecule has 1 heterocycles. The molecule has 152 valence electrons. The second-order valence-electron chi connectivity index (χ2n) is 8.42. The van der Waals surface area contributed by atoms with E-state index in [1.807, 2.05) is 24.3 Å². The number of nitrogens with zero attached hydrogens (tertiary/aromatic N) is 2. The molecule has 0 N–H and O–H groups in total. The lowest BCUT2D eigenvalue weighted by Crippen LogP contribution is -2.38. The molecule has 1 aliphatic heterocycles. The molecule has 4 aliphatic rings. The Hall–Kier alpha value is -3.21. The van der Waals surface area contributed by atoms with E-state index in [2.05, 4.69) is 48.4 Å². The molecule has 3 aliphatic carbocycles. The Kier molecular flexibility index (Phi) is 4.74. The highest BCUT2D eigenvalue weighted by molar-refractivity contribution is 6.06. The molecule has 5 nitrogen and oxygen atoms in total. The van der Waals surface area contributed by atoms with Gasteiger partial charge in [-0.3, -0.25) is 9.59 Å². The molecule has 0 radical (unpaired) electrons. The fourth-order valence-corrected chi connectivity index (χ4v) is 4.80. The van der Waals surface area contributed by atoms with Crippen LogP contribution in [-0.2, 0) is 16.2 Å². The first-order valence-corrected chi connectivity index (χ1v) is 10.5. The van der Waals surface area contributed by atoms with Crippen LogP contribution >= 0.6 is 0 Å². The van der Waals surface area contributed by atoms with Crippen LogP contribution < -0.4 is 4.74 Å². The molecule has 5 heteroatoms. The smallest absolute Gasteiger partial charge is 0.254 e. The van der Waals surface area contributed by atoms with E-state index >= 15 is 0 Å². The molecule has 2 fully saturated rings. The molecule has 0 spiro atoms. The predicted molar refractivity (Wildman–Crippen MR) is 114 cm³/mol. The van der Waals surface area contributed by atoms with E-state index in [0.29, 0.717) is 6.61 Å². The second kappa shape index (κ2) is 7.56. The molecule has 1 saturated carbocycles. The van der Waals surface area contributed by atoms with Gasteiger partial charge in [0.25, 0.3) is 11.8 Å². The maximum absolute atomic E-state index is 12.8. The van der Waals surface area contributed by atoms with Crippen molar-refractivity contribution in [1.29, 1.82) is 0 Å². The molecule has 0 aromatic heterocycles. The minimum Gasteiger partial charge on any atom is -0.489 e. The van der Waals surface area contributed by atoms with Crippen LogP contribution in [0.2, 0.25) is 0 Å². The van der Waals surface area contributed by atoms with E-state index in [0.717, 1.165) is 34.7 Å². The number of carbonyl (C=O) groups excluding carboxylic acids is 2. The van der Waals surface area contributed by atoms with E-state index < -0.39 is 0 Å². The Morgan fingerprint density at radius 2 is 1.53 bits per heavy atom. The molecule has 6 rings (SSSR count). The Morgan fingerprint density at radius 1 is 0.933 bits per heavy atom. The normalized spacial score (nSPS) is 27.2. The van der Waals surface area contributed by atoms with Gasteiger partial charge in [0.05, 0.1) is 18.1 Å². The van der Waals surface area contributed by atoms with Crippen LogP contribution in [-0.4, -0.2) is 23.0 Å². The first kappa shape index (κ1) is 18.8.